The third-order valence-electron chi connectivity index (χ3n) is 4.20. The van der Waals surface area contributed by atoms with Crippen LogP contribution in [0, 0.1) is 17.8 Å². The summed E-state index contributed by atoms with van der Waals surface area (Å²) >= 11 is 1.14. The summed E-state index contributed by atoms with van der Waals surface area (Å²) in [7, 11) is 0. The first-order chi connectivity index (χ1) is 8.79. The second kappa shape index (κ2) is 4.91. The molecule has 0 aromatic carbocycles. The number of aryl methyl sites for hydroxylation is 2. The van der Waals surface area contributed by atoms with Crippen LogP contribution in [0.25, 0.3) is 0 Å². The molecule has 18 heavy (non-hydrogen) atoms. The van der Waals surface area contributed by atoms with Crippen LogP contribution in [-0.4, -0.2) is 33.6 Å². The molecule has 1 saturated carbocycles. The lowest BCUT2D eigenvalue weighted by molar-refractivity contribution is 0.165. The van der Waals surface area contributed by atoms with Crippen LogP contribution in [0.1, 0.15) is 24.2 Å². The predicted octanol–water partition coefficient (Wildman–Crippen LogP) is 2.05. The summed E-state index contributed by atoms with van der Waals surface area (Å²) in [6, 6.07) is 0. The molecule has 0 radical (unpaired) electrons. The number of H-pyrrole nitrogens is 1. The van der Waals surface area contributed by atoms with Crippen molar-refractivity contribution in [1.82, 2.24) is 15.4 Å². The Hall–Kier alpha value is -1.04. The Bertz CT molecular complexity index is 420. The molecule has 1 fully saturated rings. The summed E-state index contributed by atoms with van der Waals surface area (Å²) in [4.78, 5) is 11.1. The number of thioether (sulfide) groups is 1. The minimum Gasteiger partial charge on any atom is -0.457 e. The molecule has 2 atom stereocenters. The van der Waals surface area contributed by atoms with Gasteiger partial charge in [-0.3, -0.25) is 0 Å². The molecule has 5 nitrogen and oxygen atoms in total. The number of aromatic nitrogens is 3. The highest BCUT2D eigenvalue weighted by atomic mass is 32.2. The number of ether oxygens (including phenoxy) is 1. The van der Waals surface area contributed by atoms with Gasteiger partial charge >= 0.3 is 5.30 Å². The lowest BCUT2D eigenvalue weighted by Gasteiger charge is -2.04. The second-order valence-electron chi connectivity index (χ2n) is 5.05. The highest BCUT2D eigenvalue weighted by molar-refractivity contribution is 8.12. The van der Waals surface area contributed by atoms with Crippen molar-refractivity contribution in [3.63, 3.8) is 0 Å². The molecule has 1 N–H and O–H groups in total. The summed E-state index contributed by atoms with van der Waals surface area (Å²) < 4.78 is 5.23. The van der Waals surface area contributed by atoms with Gasteiger partial charge in [0.1, 0.15) is 0 Å². The number of nitrogens with one attached hydrogen (secondary N) is 1. The van der Waals surface area contributed by atoms with Crippen LogP contribution < -0.4 is 0 Å². The van der Waals surface area contributed by atoms with Crippen LogP contribution in [0.5, 0.6) is 0 Å². The lowest BCUT2D eigenvalue weighted by atomic mass is 10.0. The second-order valence-corrected chi connectivity index (χ2v) is 5.79. The van der Waals surface area contributed by atoms with Crippen molar-refractivity contribution >= 4 is 17.1 Å². The van der Waals surface area contributed by atoms with Gasteiger partial charge in [0.15, 0.2) is 0 Å². The van der Waals surface area contributed by atoms with Gasteiger partial charge in [0.2, 0.25) is 0 Å². The van der Waals surface area contributed by atoms with Gasteiger partial charge in [-0.15, -0.1) is 0 Å². The Labute approximate surface area is 110 Å². The average molecular weight is 267 g/mol. The van der Waals surface area contributed by atoms with Crippen molar-refractivity contribution in [2.75, 3.05) is 12.9 Å². The molecular formula is C12H17N3O2S. The van der Waals surface area contributed by atoms with Gasteiger partial charge in [-0.2, -0.15) is 15.4 Å². The van der Waals surface area contributed by atoms with E-state index < -0.39 is 0 Å². The smallest absolute Gasteiger partial charge is 0.367 e. The molecule has 1 heterocycles. The standard InChI is InChI=1S/C12H17N3O2S/c1-18-12(16)17-6-9-7-2-4-10-11(14-15-13-10)5-3-8(7)9/h7-9H,2-6H2,1H3,(H,13,14,15). The fourth-order valence-electron chi connectivity index (χ4n) is 3.13. The molecule has 6 heteroatoms. The average Bonchev–Trinajstić information content (AvgIpc) is 2.82. The minimum absolute atomic E-state index is 0.163. The van der Waals surface area contributed by atoms with Crippen LogP contribution in [0.3, 0.4) is 0 Å². The number of hydrogen-bond donors (Lipinski definition) is 1. The number of carbonyl (C=O) groups excluding carboxylic acids is 1. The molecule has 0 amide bonds. The zero-order valence-electron chi connectivity index (χ0n) is 10.4. The minimum atomic E-state index is -0.163. The zero-order chi connectivity index (χ0) is 12.5. The van der Waals surface area contributed by atoms with Gasteiger partial charge in [-0.25, -0.2) is 4.79 Å². The monoisotopic (exact) mass is 267 g/mol. The number of carbonyl (C=O) groups is 1. The first-order valence-corrected chi connectivity index (χ1v) is 7.61. The fraction of sp³-hybridized carbons (Fsp3) is 0.750. The first-order valence-electron chi connectivity index (χ1n) is 6.39. The highest BCUT2D eigenvalue weighted by Crippen LogP contribution is 2.52. The van der Waals surface area contributed by atoms with E-state index >= 15 is 0 Å². The molecule has 1 aromatic rings. The fourth-order valence-corrected chi connectivity index (χ4v) is 3.32. The largest absolute Gasteiger partial charge is 0.457 e. The quantitative estimate of drug-likeness (QED) is 0.831. The molecular weight excluding hydrogens is 250 g/mol. The molecule has 98 valence electrons. The van der Waals surface area contributed by atoms with Gasteiger partial charge in [-0.1, -0.05) is 0 Å². The third kappa shape index (κ3) is 2.25. The Balaban J connectivity index is 1.55. The molecule has 0 saturated heterocycles. The van der Waals surface area contributed by atoms with Crippen molar-refractivity contribution in [2.45, 2.75) is 25.7 Å². The molecule has 0 aliphatic heterocycles. The van der Waals surface area contributed by atoms with Gasteiger partial charge in [0, 0.05) is 0 Å². The van der Waals surface area contributed by atoms with E-state index in [4.69, 9.17) is 4.74 Å². The maximum atomic E-state index is 11.1. The molecule has 3 rings (SSSR count). The van der Waals surface area contributed by atoms with Crippen LogP contribution in [0.2, 0.25) is 0 Å². The van der Waals surface area contributed by atoms with Crippen molar-refractivity contribution in [3.8, 4) is 0 Å². The summed E-state index contributed by atoms with van der Waals surface area (Å²) in [6.45, 7) is 0.589. The van der Waals surface area contributed by atoms with Gasteiger partial charge in [-0.05, 0) is 61.5 Å². The molecule has 2 unspecified atom stereocenters. The topological polar surface area (TPSA) is 67.9 Å². The SMILES string of the molecule is CSC(=O)OCC1C2CCc3n[nH]nc3CCC21. The maximum Gasteiger partial charge on any atom is 0.367 e. The molecule has 0 bridgehead atoms. The van der Waals surface area contributed by atoms with Crippen molar-refractivity contribution in [1.29, 1.82) is 0 Å². The summed E-state index contributed by atoms with van der Waals surface area (Å²) in [5, 5.41) is 10.9. The summed E-state index contributed by atoms with van der Waals surface area (Å²) in [5.41, 5.74) is 2.25. The summed E-state index contributed by atoms with van der Waals surface area (Å²) in [5.74, 6) is 1.99. The van der Waals surface area contributed by atoms with Crippen molar-refractivity contribution in [3.05, 3.63) is 11.4 Å². The highest BCUT2D eigenvalue weighted by Gasteiger charge is 2.50. The normalized spacial score (nSPS) is 29.7. The Morgan fingerprint density at radius 1 is 1.33 bits per heavy atom. The van der Waals surface area contributed by atoms with E-state index in [9.17, 15) is 4.79 Å². The Morgan fingerprint density at radius 2 is 1.94 bits per heavy atom. The van der Waals surface area contributed by atoms with Crippen LogP contribution in [0.15, 0.2) is 0 Å². The molecule has 2 aliphatic rings. The van der Waals surface area contributed by atoms with Crippen molar-refractivity contribution < 1.29 is 9.53 Å². The van der Waals surface area contributed by atoms with E-state index in [1.807, 2.05) is 0 Å². The number of fused-ring (bicyclic) bond motifs is 2. The van der Waals surface area contributed by atoms with E-state index in [2.05, 4.69) is 15.4 Å². The summed E-state index contributed by atoms with van der Waals surface area (Å²) in [6.07, 6.45) is 6.04. The maximum absolute atomic E-state index is 11.1. The van der Waals surface area contributed by atoms with Gasteiger partial charge < -0.3 is 4.74 Å². The predicted molar refractivity (Wildman–Crippen MR) is 68.4 cm³/mol. The Kier molecular flexibility index (Phi) is 3.28. The van der Waals surface area contributed by atoms with E-state index in [-0.39, 0.29) is 5.30 Å². The molecule has 2 aliphatic carbocycles. The lowest BCUT2D eigenvalue weighted by Crippen LogP contribution is -2.02. The van der Waals surface area contributed by atoms with Crippen LogP contribution in [0.4, 0.5) is 4.79 Å². The molecule has 0 spiro atoms. The van der Waals surface area contributed by atoms with Crippen LogP contribution >= 0.6 is 11.8 Å². The van der Waals surface area contributed by atoms with Gasteiger partial charge in [0.25, 0.3) is 0 Å². The number of aromatic amines is 1. The Morgan fingerprint density at radius 3 is 2.50 bits per heavy atom. The van der Waals surface area contributed by atoms with E-state index in [1.165, 1.54) is 0 Å². The van der Waals surface area contributed by atoms with Crippen molar-refractivity contribution in [2.24, 2.45) is 17.8 Å². The first kappa shape index (κ1) is 12.0. The van der Waals surface area contributed by atoms with E-state index in [0.717, 1.165) is 48.8 Å². The van der Waals surface area contributed by atoms with Crippen LogP contribution in [-0.2, 0) is 17.6 Å². The van der Waals surface area contributed by atoms with Gasteiger partial charge in [0.05, 0.1) is 18.0 Å². The molecule has 1 aromatic heterocycles. The number of hydrogen-bond acceptors (Lipinski definition) is 5. The van der Waals surface area contributed by atoms with E-state index in [0.29, 0.717) is 24.4 Å². The third-order valence-corrected chi connectivity index (χ3v) is 4.65. The zero-order valence-corrected chi connectivity index (χ0v) is 11.2. The number of nitrogens with zero attached hydrogens (tertiary/aromatic N) is 2. The van der Waals surface area contributed by atoms with E-state index in [1.54, 1.807) is 6.26 Å². The number of rotatable bonds is 2.